The van der Waals surface area contributed by atoms with Crippen molar-refractivity contribution in [3.8, 4) is 11.5 Å². The van der Waals surface area contributed by atoms with Crippen molar-refractivity contribution in [2.75, 3.05) is 32.9 Å². The van der Waals surface area contributed by atoms with E-state index in [1.54, 1.807) is 12.1 Å². The summed E-state index contributed by atoms with van der Waals surface area (Å²) in [6, 6.07) is 8.58. The van der Waals surface area contributed by atoms with Gasteiger partial charge < -0.3 is 14.2 Å². The lowest BCUT2D eigenvalue weighted by atomic mass is 10.1. The van der Waals surface area contributed by atoms with E-state index in [0.717, 1.165) is 12.8 Å². The first kappa shape index (κ1) is 21.6. The summed E-state index contributed by atoms with van der Waals surface area (Å²) in [5, 5.41) is 0.0390. The van der Waals surface area contributed by atoms with Crippen molar-refractivity contribution in [1.82, 2.24) is 4.31 Å². The van der Waals surface area contributed by atoms with Crippen LogP contribution >= 0.6 is 11.6 Å². The third-order valence-electron chi connectivity index (χ3n) is 5.06. The molecule has 10 heteroatoms. The number of carbonyl (C=O) groups is 2. The molecule has 0 bridgehead atoms. The maximum Gasteiger partial charge on any atom is 0.340 e. The molecule has 0 unspecified atom stereocenters. The highest BCUT2D eigenvalue weighted by Gasteiger charge is 2.28. The molecular formula is C21H20ClNO7S. The van der Waals surface area contributed by atoms with E-state index in [9.17, 15) is 18.0 Å². The first-order valence-electron chi connectivity index (χ1n) is 9.76. The molecule has 0 saturated carbocycles. The summed E-state index contributed by atoms with van der Waals surface area (Å²) in [6.45, 7) is 1.17. The van der Waals surface area contributed by atoms with Gasteiger partial charge in [-0.25, -0.2) is 13.2 Å². The molecule has 2 heterocycles. The molecule has 1 fully saturated rings. The van der Waals surface area contributed by atoms with Crippen molar-refractivity contribution in [3.63, 3.8) is 0 Å². The smallest absolute Gasteiger partial charge is 0.340 e. The molecule has 1 saturated heterocycles. The fraction of sp³-hybridized carbons (Fsp3) is 0.333. The second kappa shape index (κ2) is 8.86. The zero-order valence-corrected chi connectivity index (χ0v) is 18.1. The number of hydrogen-bond donors (Lipinski definition) is 0. The number of esters is 1. The van der Waals surface area contributed by atoms with Gasteiger partial charge in [-0.3, -0.25) is 4.79 Å². The third kappa shape index (κ3) is 4.53. The average molecular weight is 466 g/mol. The van der Waals surface area contributed by atoms with E-state index in [1.165, 1.54) is 28.6 Å². The van der Waals surface area contributed by atoms with Gasteiger partial charge in [-0.15, -0.1) is 0 Å². The molecule has 31 heavy (non-hydrogen) atoms. The number of halogens is 1. The second-order valence-electron chi connectivity index (χ2n) is 7.11. The highest BCUT2D eigenvalue weighted by Crippen LogP contribution is 2.31. The van der Waals surface area contributed by atoms with Gasteiger partial charge in [0, 0.05) is 18.7 Å². The van der Waals surface area contributed by atoms with Crippen LogP contribution < -0.4 is 9.47 Å². The van der Waals surface area contributed by atoms with Gasteiger partial charge in [-0.05, 0) is 49.2 Å². The van der Waals surface area contributed by atoms with Gasteiger partial charge in [0.05, 0.1) is 15.5 Å². The maximum absolute atomic E-state index is 12.7. The molecule has 2 aliphatic rings. The van der Waals surface area contributed by atoms with Crippen LogP contribution in [-0.4, -0.2) is 57.4 Å². The fourth-order valence-corrected chi connectivity index (χ4v) is 5.15. The van der Waals surface area contributed by atoms with Crippen LogP contribution in [0.5, 0.6) is 11.5 Å². The van der Waals surface area contributed by atoms with Crippen LogP contribution in [-0.2, 0) is 14.8 Å². The number of ether oxygens (including phenoxy) is 3. The van der Waals surface area contributed by atoms with E-state index >= 15 is 0 Å². The fourth-order valence-electron chi connectivity index (χ4n) is 3.41. The van der Waals surface area contributed by atoms with E-state index in [-0.39, 0.29) is 15.5 Å². The van der Waals surface area contributed by atoms with Gasteiger partial charge in [-0.2, -0.15) is 4.31 Å². The summed E-state index contributed by atoms with van der Waals surface area (Å²) in [7, 11) is -3.72. The van der Waals surface area contributed by atoms with Crippen LogP contribution in [0, 0.1) is 0 Å². The van der Waals surface area contributed by atoms with Crippen molar-refractivity contribution in [1.29, 1.82) is 0 Å². The van der Waals surface area contributed by atoms with Gasteiger partial charge >= 0.3 is 5.97 Å². The SMILES string of the molecule is O=C(COC(=O)c1cc(S(=O)(=O)N2CCCC2)ccc1Cl)c1ccc2c(c1)OCCO2. The lowest BCUT2D eigenvalue weighted by Crippen LogP contribution is -2.28. The average Bonchev–Trinajstić information content (AvgIpc) is 3.33. The van der Waals surface area contributed by atoms with E-state index in [0.29, 0.717) is 43.4 Å². The van der Waals surface area contributed by atoms with Gasteiger partial charge in [0.1, 0.15) is 13.2 Å². The van der Waals surface area contributed by atoms with Crippen molar-refractivity contribution < 1.29 is 32.2 Å². The van der Waals surface area contributed by atoms with E-state index in [1.807, 2.05) is 0 Å². The summed E-state index contributed by atoms with van der Waals surface area (Å²) in [4.78, 5) is 24.9. The first-order valence-corrected chi connectivity index (χ1v) is 11.6. The topological polar surface area (TPSA) is 99.2 Å². The Labute approximate surface area is 184 Å². The summed E-state index contributed by atoms with van der Waals surface area (Å²) in [5.41, 5.74) is 0.186. The first-order chi connectivity index (χ1) is 14.9. The molecule has 0 aliphatic carbocycles. The van der Waals surface area contributed by atoms with Crippen LogP contribution in [0.2, 0.25) is 5.02 Å². The predicted octanol–water partition coefficient (Wildman–Crippen LogP) is 2.94. The number of nitrogens with zero attached hydrogens (tertiary/aromatic N) is 1. The molecule has 0 aromatic heterocycles. The van der Waals surface area contributed by atoms with Gasteiger partial charge in [0.25, 0.3) is 0 Å². The summed E-state index contributed by atoms with van der Waals surface area (Å²) in [5.74, 6) is -0.328. The van der Waals surface area contributed by atoms with Crippen LogP contribution in [0.25, 0.3) is 0 Å². The quantitative estimate of drug-likeness (QED) is 0.477. The van der Waals surface area contributed by atoms with Crippen LogP contribution in [0.1, 0.15) is 33.6 Å². The predicted molar refractivity (Wildman–Crippen MR) is 111 cm³/mol. The Kier molecular flexibility index (Phi) is 6.17. The molecule has 0 radical (unpaired) electrons. The summed E-state index contributed by atoms with van der Waals surface area (Å²) < 4.78 is 42.8. The zero-order valence-electron chi connectivity index (χ0n) is 16.5. The molecule has 2 aromatic carbocycles. The second-order valence-corrected chi connectivity index (χ2v) is 9.46. The van der Waals surface area contributed by atoms with Crippen molar-refractivity contribution in [2.24, 2.45) is 0 Å². The molecule has 4 rings (SSSR count). The Hall–Kier alpha value is -2.62. The van der Waals surface area contributed by atoms with E-state index < -0.39 is 28.4 Å². The Bertz CT molecular complexity index is 1130. The minimum Gasteiger partial charge on any atom is -0.486 e. The Morgan fingerprint density at radius 3 is 2.45 bits per heavy atom. The Balaban J connectivity index is 1.46. The number of benzene rings is 2. The number of rotatable bonds is 6. The van der Waals surface area contributed by atoms with E-state index in [2.05, 4.69) is 0 Å². The lowest BCUT2D eigenvalue weighted by molar-refractivity contribution is 0.0474. The molecule has 164 valence electrons. The number of fused-ring (bicyclic) bond motifs is 1. The monoisotopic (exact) mass is 465 g/mol. The van der Waals surface area contributed by atoms with E-state index in [4.69, 9.17) is 25.8 Å². The van der Waals surface area contributed by atoms with Crippen LogP contribution in [0.4, 0.5) is 0 Å². The molecule has 0 atom stereocenters. The molecular weight excluding hydrogens is 446 g/mol. The Morgan fingerprint density at radius 1 is 1.00 bits per heavy atom. The standard InChI is InChI=1S/C21H20ClNO7S/c22-17-5-4-15(31(26,27)23-7-1-2-8-23)12-16(17)21(25)30-13-18(24)14-3-6-19-20(11-14)29-10-9-28-19/h3-6,11-12H,1-2,7-10,13H2. The zero-order chi connectivity index (χ0) is 22.0. The Morgan fingerprint density at radius 2 is 1.71 bits per heavy atom. The van der Waals surface area contributed by atoms with Gasteiger partial charge in [0.2, 0.25) is 10.0 Å². The minimum atomic E-state index is -3.72. The molecule has 2 aromatic rings. The molecule has 0 amide bonds. The molecule has 0 N–H and O–H groups in total. The largest absolute Gasteiger partial charge is 0.486 e. The van der Waals surface area contributed by atoms with Gasteiger partial charge in [-0.1, -0.05) is 11.6 Å². The number of hydrogen-bond acceptors (Lipinski definition) is 7. The number of ketones is 1. The number of carbonyl (C=O) groups excluding carboxylic acids is 2. The highest BCUT2D eigenvalue weighted by molar-refractivity contribution is 7.89. The third-order valence-corrected chi connectivity index (χ3v) is 7.28. The maximum atomic E-state index is 12.7. The van der Waals surface area contributed by atoms with Crippen molar-refractivity contribution >= 4 is 33.4 Å². The molecule has 2 aliphatic heterocycles. The molecule has 8 nitrogen and oxygen atoms in total. The summed E-state index contributed by atoms with van der Waals surface area (Å²) >= 11 is 6.09. The number of Topliss-reactive ketones (excluding diaryl/α,β-unsaturated/α-hetero) is 1. The van der Waals surface area contributed by atoms with Crippen molar-refractivity contribution in [3.05, 3.63) is 52.5 Å². The van der Waals surface area contributed by atoms with Gasteiger partial charge in [0.15, 0.2) is 23.9 Å². The van der Waals surface area contributed by atoms with Crippen molar-refractivity contribution in [2.45, 2.75) is 17.7 Å². The minimum absolute atomic E-state index is 0.0380. The van der Waals surface area contributed by atoms with Crippen LogP contribution in [0.15, 0.2) is 41.3 Å². The lowest BCUT2D eigenvalue weighted by Gasteiger charge is -2.18. The highest BCUT2D eigenvalue weighted by atomic mass is 35.5. The number of sulfonamides is 1. The van der Waals surface area contributed by atoms with Crippen LogP contribution in [0.3, 0.4) is 0 Å². The normalized spacial score (nSPS) is 16.2. The molecule has 0 spiro atoms. The summed E-state index contributed by atoms with van der Waals surface area (Å²) in [6.07, 6.45) is 1.59.